The van der Waals surface area contributed by atoms with Crippen LogP contribution in [-0.4, -0.2) is 42.0 Å². The van der Waals surface area contributed by atoms with E-state index in [0.717, 1.165) is 0 Å². The Hall–Kier alpha value is -1.86. The van der Waals surface area contributed by atoms with Crippen LogP contribution in [-0.2, 0) is 4.79 Å². The van der Waals surface area contributed by atoms with Gasteiger partial charge in [0.25, 0.3) is 0 Å². The van der Waals surface area contributed by atoms with Crippen molar-refractivity contribution in [3.63, 3.8) is 0 Å². The summed E-state index contributed by atoms with van der Waals surface area (Å²) in [6.07, 6.45) is 1.38. The van der Waals surface area contributed by atoms with Crippen LogP contribution >= 0.6 is 12.4 Å². The fourth-order valence-corrected chi connectivity index (χ4v) is 2.42. The molecule has 8 heteroatoms. The third kappa shape index (κ3) is 5.69. The van der Waals surface area contributed by atoms with Crippen LogP contribution in [0.4, 0.5) is 14.9 Å². The number of nitrogens with zero attached hydrogens (tertiary/aromatic N) is 1. The van der Waals surface area contributed by atoms with E-state index in [1.165, 1.54) is 24.3 Å². The minimum Gasteiger partial charge on any atom is -0.341 e. The van der Waals surface area contributed by atoms with Crippen molar-refractivity contribution in [1.29, 1.82) is 0 Å². The molecule has 0 radical (unpaired) electrons. The molecule has 23 heavy (non-hydrogen) atoms. The number of hydrogen-bond donors (Lipinski definition) is 3. The molecule has 128 valence electrons. The van der Waals surface area contributed by atoms with Gasteiger partial charge >= 0.3 is 6.03 Å². The number of amides is 3. The number of anilines is 1. The number of nitrogens with two attached hydrogens (primary N) is 1. The number of carbonyl (C=O) groups is 2. The number of halogens is 2. The van der Waals surface area contributed by atoms with Crippen molar-refractivity contribution in [2.75, 3.05) is 18.4 Å². The number of carbonyl (C=O) groups excluding carboxylic acids is 2. The van der Waals surface area contributed by atoms with Crippen molar-refractivity contribution < 1.29 is 14.0 Å². The maximum Gasteiger partial charge on any atom is 0.319 e. The molecule has 0 unspecified atom stereocenters. The van der Waals surface area contributed by atoms with Crippen LogP contribution in [0.25, 0.3) is 0 Å². The van der Waals surface area contributed by atoms with Gasteiger partial charge in [-0.05, 0) is 44.0 Å². The summed E-state index contributed by atoms with van der Waals surface area (Å²) in [6.45, 7) is 2.84. The van der Waals surface area contributed by atoms with Gasteiger partial charge in [0.2, 0.25) is 5.91 Å². The topological polar surface area (TPSA) is 87.5 Å². The minimum atomic E-state index is -0.494. The molecule has 2 rings (SSSR count). The van der Waals surface area contributed by atoms with E-state index >= 15 is 0 Å². The molecular weight excluding hydrogens is 323 g/mol. The monoisotopic (exact) mass is 344 g/mol. The van der Waals surface area contributed by atoms with Crippen molar-refractivity contribution >= 4 is 30.0 Å². The lowest BCUT2D eigenvalue weighted by Crippen LogP contribution is -2.50. The second-order valence-electron chi connectivity index (χ2n) is 5.49. The molecule has 1 aromatic carbocycles. The second-order valence-corrected chi connectivity index (χ2v) is 5.49. The smallest absolute Gasteiger partial charge is 0.319 e. The summed E-state index contributed by atoms with van der Waals surface area (Å²) in [7, 11) is 0. The highest BCUT2D eigenvalue weighted by molar-refractivity contribution is 5.89. The van der Waals surface area contributed by atoms with E-state index in [9.17, 15) is 14.0 Å². The predicted molar refractivity (Wildman–Crippen MR) is 89.1 cm³/mol. The molecule has 1 aromatic rings. The largest absolute Gasteiger partial charge is 0.341 e. The zero-order valence-electron chi connectivity index (χ0n) is 12.9. The summed E-state index contributed by atoms with van der Waals surface area (Å²) in [6, 6.07) is 4.76. The van der Waals surface area contributed by atoms with Crippen molar-refractivity contribution in [2.45, 2.75) is 31.8 Å². The van der Waals surface area contributed by atoms with Gasteiger partial charge in [0.15, 0.2) is 0 Å². The zero-order chi connectivity index (χ0) is 16.1. The summed E-state index contributed by atoms with van der Waals surface area (Å²) in [4.78, 5) is 25.4. The van der Waals surface area contributed by atoms with E-state index in [4.69, 9.17) is 5.73 Å². The molecule has 1 aliphatic heterocycles. The van der Waals surface area contributed by atoms with Crippen LogP contribution < -0.4 is 16.4 Å². The second kappa shape index (κ2) is 8.69. The molecule has 1 saturated heterocycles. The number of nitrogens with one attached hydrogen (secondary N) is 2. The summed E-state index contributed by atoms with van der Waals surface area (Å²) >= 11 is 0. The number of hydrogen-bond acceptors (Lipinski definition) is 3. The maximum atomic E-state index is 12.8. The predicted octanol–water partition coefficient (Wildman–Crippen LogP) is 1.71. The van der Waals surface area contributed by atoms with Crippen molar-refractivity contribution in [2.24, 2.45) is 5.73 Å². The highest BCUT2D eigenvalue weighted by Gasteiger charge is 2.25. The van der Waals surface area contributed by atoms with Gasteiger partial charge in [-0.1, -0.05) is 0 Å². The SMILES string of the molecule is C[C@@H](N)C(=O)N1CCC(NC(=O)Nc2ccc(F)cc2)CC1.Cl. The van der Waals surface area contributed by atoms with Crippen molar-refractivity contribution in [3.8, 4) is 0 Å². The third-order valence-corrected chi connectivity index (χ3v) is 3.63. The fraction of sp³-hybridized carbons (Fsp3) is 0.467. The molecule has 1 fully saturated rings. The molecule has 1 aliphatic rings. The molecule has 4 N–H and O–H groups in total. The number of benzene rings is 1. The van der Waals surface area contributed by atoms with E-state index in [1.54, 1.807) is 11.8 Å². The summed E-state index contributed by atoms with van der Waals surface area (Å²) in [5.41, 5.74) is 6.11. The number of rotatable bonds is 3. The molecule has 0 saturated carbocycles. The molecule has 3 amide bonds. The van der Waals surface area contributed by atoms with E-state index in [1.807, 2.05) is 0 Å². The van der Waals surface area contributed by atoms with Crippen LogP contribution in [0.3, 0.4) is 0 Å². The number of piperidine rings is 1. The molecule has 1 heterocycles. The quantitative estimate of drug-likeness (QED) is 0.780. The normalized spacial score (nSPS) is 16.2. The molecule has 0 bridgehead atoms. The maximum absolute atomic E-state index is 12.8. The first-order valence-corrected chi connectivity index (χ1v) is 7.33. The van der Waals surface area contributed by atoms with Gasteiger partial charge in [-0.15, -0.1) is 12.4 Å². The summed E-state index contributed by atoms with van der Waals surface area (Å²) in [5, 5.41) is 5.51. The van der Waals surface area contributed by atoms with E-state index < -0.39 is 6.04 Å². The third-order valence-electron chi connectivity index (χ3n) is 3.63. The standard InChI is InChI=1S/C15H21FN4O2.ClH/c1-10(17)14(21)20-8-6-13(7-9-20)19-15(22)18-12-4-2-11(16)3-5-12;/h2-5,10,13H,6-9,17H2,1H3,(H2,18,19,22);1H/t10-;/m1./s1. The average molecular weight is 345 g/mol. The Morgan fingerprint density at radius 2 is 1.83 bits per heavy atom. The highest BCUT2D eigenvalue weighted by Crippen LogP contribution is 2.12. The van der Waals surface area contributed by atoms with Gasteiger partial charge in [0, 0.05) is 24.8 Å². The lowest BCUT2D eigenvalue weighted by Gasteiger charge is -2.33. The van der Waals surface area contributed by atoms with E-state index in [0.29, 0.717) is 31.6 Å². The van der Waals surface area contributed by atoms with E-state index in [2.05, 4.69) is 10.6 Å². The van der Waals surface area contributed by atoms with Crippen LogP contribution in [0, 0.1) is 5.82 Å². The van der Waals surface area contributed by atoms with Gasteiger partial charge in [0.1, 0.15) is 5.82 Å². The first-order valence-electron chi connectivity index (χ1n) is 7.33. The molecule has 6 nitrogen and oxygen atoms in total. The Morgan fingerprint density at radius 3 is 2.35 bits per heavy atom. The van der Waals surface area contributed by atoms with E-state index in [-0.39, 0.29) is 36.2 Å². The summed E-state index contributed by atoms with van der Waals surface area (Å²) in [5.74, 6) is -0.411. The Kier molecular flexibility index (Phi) is 7.25. The van der Waals surface area contributed by atoms with Gasteiger partial charge < -0.3 is 21.3 Å². The van der Waals surface area contributed by atoms with Gasteiger partial charge in [-0.2, -0.15) is 0 Å². The van der Waals surface area contributed by atoms with Gasteiger partial charge in [-0.3, -0.25) is 4.79 Å². The lowest BCUT2D eigenvalue weighted by atomic mass is 10.0. The highest BCUT2D eigenvalue weighted by atomic mass is 35.5. The minimum absolute atomic E-state index is 0. The molecular formula is C15H22ClFN4O2. The molecule has 0 aliphatic carbocycles. The Morgan fingerprint density at radius 1 is 1.26 bits per heavy atom. The summed E-state index contributed by atoms with van der Waals surface area (Å²) < 4.78 is 12.8. The molecule has 0 aromatic heterocycles. The van der Waals surface area contributed by atoms with Gasteiger partial charge in [0.05, 0.1) is 6.04 Å². The Bertz CT molecular complexity index is 531. The lowest BCUT2D eigenvalue weighted by molar-refractivity contribution is -0.133. The molecule has 0 spiro atoms. The van der Waals surface area contributed by atoms with Crippen LogP contribution in [0.15, 0.2) is 24.3 Å². The van der Waals surface area contributed by atoms with Crippen molar-refractivity contribution in [1.82, 2.24) is 10.2 Å². The van der Waals surface area contributed by atoms with Gasteiger partial charge in [-0.25, -0.2) is 9.18 Å². The average Bonchev–Trinajstić information content (AvgIpc) is 2.49. The number of likely N-dealkylation sites (tertiary alicyclic amines) is 1. The molecule has 1 atom stereocenters. The zero-order valence-corrected chi connectivity index (χ0v) is 13.7. The van der Waals surface area contributed by atoms with Crippen LogP contribution in [0.2, 0.25) is 0 Å². The first kappa shape index (κ1) is 19.2. The first-order chi connectivity index (χ1) is 10.5. The fourth-order valence-electron chi connectivity index (χ4n) is 2.42. The van der Waals surface area contributed by atoms with Crippen molar-refractivity contribution in [3.05, 3.63) is 30.1 Å². The Balaban J connectivity index is 0.00000264. The number of urea groups is 1. The van der Waals surface area contributed by atoms with Crippen LogP contribution in [0.5, 0.6) is 0 Å². The van der Waals surface area contributed by atoms with Crippen LogP contribution in [0.1, 0.15) is 19.8 Å². The Labute approximate surface area is 141 Å².